The molecule has 0 atom stereocenters. The second kappa shape index (κ2) is 8.00. The van der Waals surface area contributed by atoms with Crippen LogP contribution in [0.1, 0.15) is 29.0 Å². The lowest BCUT2D eigenvalue weighted by Gasteiger charge is -2.09. The van der Waals surface area contributed by atoms with Crippen LogP contribution in [0.4, 0.5) is 0 Å². The molecule has 0 radical (unpaired) electrons. The highest BCUT2D eigenvalue weighted by Crippen LogP contribution is 2.24. The van der Waals surface area contributed by atoms with Crippen LogP contribution in [0.2, 0.25) is 0 Å². The zero-order valence-electron chi connectivity index (χ0n) is 15.9. The molecule has 4 rings (SSSR count). The van der Waals surface area contributed by atoms with E-state index in [1.54, 1.807) is 0 Å². The Balaban J connectivity index is 1.40. The van der Waals surface area contributed by atoms with E-state index in [4.69, 9.17) is 13.7 Å². The summed E-state index contributed by atoms with van der Waals surface area (Å²) in [6.07, 6.45) is 0.386. The molecule has 0 unspecified atom stereocenters. The van der Waals surface area contributed by atoms with Crippen molar-refractivity contribution in [3.05, 3.63) is 68.7 Å². The largest absolute Gasteiger partial charge is 0.461 e. The normalized spacial score (nSPS) is 11.1. The Morgan fingerprint density at radius 1 is 1.24 bits per heavy atom. The van der Waals surface area contributed by atoms with Crippen molar-refractivity contribution >= 4 is 28.3 Å². The molecule has 3 aromatic heterocycles. The average Bonchev–Trinajstić information content (AvgIpc) is 3.39. The van der Waals surface area contributed by atoms with Crippen molar-refractivity contribution in [2.24, 2.45) is 0 Å². The maximum absolute atomic E-state index is 12.2. The van der Waals surface area contributed by atoms with Crippen LogP contribution in [0.3, 0.4) is 0 Å². The SMILES string of the molecule is Cc1ccc2c(COC(=O)CCc3nc(-c4cccs4)no3)cc(=O)oc2c1C. The summed E-state index contributed by atoms with van der Waals surface area (Å²) in [5, 5.41) is 6.61. The third kappa shape index (κ3) is 4.12. The number of aromatic nitrogens is 2. The molecule has 0 amide bonds. The minimum absolute atomic E-state index is 0.00624. The number of fused-ring (bicyclic) bond motifs is 1. The molecule has 29 heavy (non-hydrogen) atoms. The number of ether oxygens (including phenoxy) is 1. The Morgan fingerprint density at radius 3 is 2.90 bits per heavy atom. The number of hydrogen-bond acceptors (Lipinski definition) is 8. The third-order valence-corrected chi connectivity index (χ3v) is 5.52. The van der Waals surface area contributed by atoms with Gasteiger partial charge in [0.05, 0.1) is 11.3 Å². The molecule has 0 aliphatic rings. The summed E-state index contributed by atoms with van der Waals surface area (Å²) < 4.78 is 15.9. The second-order valence-electron chi connectivity index (χ2n) is 6.62. The lowest BCUT2D eigenvalue weighted by Crippen LogP contribution is -2.09. The molecule has 0 spiro atoms. The van der Waals surface area contributed by atoms with Crippen molar-refractivity contribution in [2.75, 3.05) is 0 Å². The summed E-state index contributed by atoms with van der Waals surface area (Å²) in [7, 11) is 0. The van der Waals surface area contributed by atoms with E-state index in [-0.39, 0.29) is 19.4 Å². The number of rotatable bonds is 6. The minimum atomic E-state index is -0.468. The van der Waals surface area contributed by atoms with Crippen LogP contribution in [0.15, 0.2) is 49.4 Å². The molecule has 0 aliphatic carbocycles. The van der Waals surface area contributed by atoms with Crippen LogP contribution in [0, 0.1) is 13.8 Å². The van der Waals surface area contributed by atoms with Crippen LogP contribution in [-0.4, -0.2) is 16.1 Å². The van der Waals surface area contributed by atoms with Gasteiger partial charge in [0.2, 0.25) is 11.7 Å². The fraction of sp³-hybridized carbons (Fsp3) is 0.238. The number of carbonyl (C=O) groups excluding carboxylic acids is 1. The number of benzene rings is 1. The highest BCUT2D eigenvalue weighted by molar-refractivity contribution is 7.13. The number of esters is 1. The standard InChI is InChI=1S/C21H18N2O5S/c1-12-5-6-15-14(10-19(25)27-20(15)13(12)2)11-26-18(24)8-7-17-22-21(23-28-17)16-4-3-9-29-16/h3-6,9-10H,7-8,11H2,1-2H3. The molecule has 0 N–H and O–H groups in total. The molecule has 148 valence electrons. The van der Waals surface area contributed by atoms with Crippen LogP contribution >= 0.6 is 11.3 Å². The van der Waals surface area contributed by atoms with Gasteiger partial charge in [-0.2, -0.15) is 4.98 Å². The van der Waals surface area contributed by atoms with Crippen molar-refractivity contribution in [2.45, 2.75) is 33.3 Å². The lowest BCUT2D eigenvalue weighted by atomic mass is 10.0. The number of aryl methyl sites for hydroxylation is 3. The van der Waals surface area contributed by atoms with E-state index in [9.17, 15) is 9.59 Å². The smallest absolute Gasteiger partial charge is 0.336 e. The van der Waals surface area contributed by atoms with Crippen LogP contribution in [0.5, 0.6) is 0 Å². The molecule has 1 aromatic carbocycles. The number of carbonyl (C=O) groups is 1. The molecule has 0 bridgehead atoms. The van der Waals surface area contributed by atoms with Crippen molar-refractivity contribution in [1.29, 1.82) is 0 Å². The van der Waals surface area contributed by atoms with Gasteiger partial charge in [0.15, 0.2) is 0 Å². The van der Waals surface area contributed by atoms with Gasteiger partial charge >= 0.3 is 11.6 Å². The molecule has 7 nitrogen and oxygen atoms in total. The van der Waals surface area contributed by atoms with E-state index in [0.717, 1.165) is 21.4 Å². The maximum Gasteiger partial charge on any atom is 0.336 e. The van der Waals surface area contributed by atoms with Gasteiger partial charge in [-0.3, -0.25) is 4.79 Å². The summed E-state index contributed by atoms with van der Waals surface area (Å²) in [5.74, 6) is 0.477. The molecular weight excluding hydrogens is 392 g/mol. The molecule has 0 aliphatic heterocycles. The van der Waals surface area contributed by atoms with Crippen molar-refractivity contribution in [3.8, 4) is 10.7 Å². The van der Waals surface area contributed by atoms with E-state index in [0.29, 0.717) is 22.9 Å². The fourth-order valence-electron chi connectivity index (χ4n) is 2.95. The first-order valence-corrected chi connectivity index (χ1v) is 9.94. The molecule has 0 saturated heterocycles. The van der Waals surface area contributed by atoms with Gasteiger partial charge in [0, 0.05) is 23.4 Å². The lowest BCUT2D eigenvalue weighted by molar-refractivity contribution is -0.145. The molecule has 8 heteroatoms. The molecule has 4 aromatic rings. The molecule has 3 heterocycles. The van der Waals surface area contributed by atoms with Crippen LogP contribution in [0.25, 0.3) is 21.7 Å². The van der Waals surface area contributed by atoms with Gasteiger partial charge < -0.3 is 13.7 Å². The van der Waals surface area contributed by atoms with Gasteiger partial charge in [0.25, 0.3) is 0 Å². The van der Waals surface area contributed by atoms with Gasteiger partial charge in [-0.1, -0.05) is 23.4 Å². The summed E-state index contributed by atoms with van der Waals surface area (Å²) in [6.45, 7) is 3.84. The van der Waals surface area contributed by atoms with Crippen molar-refractivity contribution < 1.29 is 18.5 Å². The predicted octanol–water partition coefficient (Wildman–Crippen LogP) is 4.20. The topological polar surface area (TPSA) is 95.4 Å². The minimum Gasteiger partial charge on any atom is -0.461 e. The molecule has 0 fully saturated rings. The van der Waals surface area contributed by atoms with Crippen LogP contribution in [-0.2, 0) is 22.6 Å². The average molecular weight is 410 g/mol. The Bertz CT molecular complexity index is 1220. The quantitative estimate of drug-likeness (QED) is 0.347. The number of hydrogen-bond donors (Lipinski definition) is 0. The van der Waals surface area contributed by atoms with Crippen LogP contribution < -0.4 is 5.63 Å². The monoisotopic (exact) mass is 410 g/mol. The van der Waals surface area contributed by atoms with Gasteiger partial charge in [0.1, 0.15) is 12.2 Å². The van der Waals surface area contributed by atoms with E-state index in [2.05, 4.69) is 10.1 Å². The summed E-state index contributed by atoms with van der Waals surface area (Å²) >= 11 is 1.51. The number of thiophene rings is 1. The van der Waals surface area contributed by atoms with E-state index in [1.807, 2.05) is 43.5 Å². The molecule has 0 saturated carbocycles. The zero-order chi connectivity index (χ0) is 20.4. The Kier molecular flexibility index (Phi) is 5.26. The highest BCUT2D eigenvalue weighted by atomic mass is 32.1. The number of nitrogens with zero attached hydrogens (tertiary/aromatic N) is 2. The Morgan fingerprint density at radius 2 is 2.10 bits per heavy atom. The maximum atomic E-state index is 12.2. The first-order valence-electron chi connectivity index (χ1n) is 9.06. The summed E-state index contributed by atoms with van der Waals surface area (Å²) in [6, 6.07) is 8.98. The highest BCUT2D eigenvalue weighted by Gasteiger charge is 2.14. The zero-order valence-corrected chi connectivity index (χ0v) is 16.7. The van der Waals surface area contributed by atoms with E-state index < -0.39 is 11.6 Å². The molecular formula is C21H18N2O5S. The predicted molar refractivity (Wildman–Crippen MR) is 108 cm³/mol. The Labute approximate surface area is 169 Å². The van der Waals surface area contributed by atoms with Gasteiger partial charge in [-0.15, -0.1) is 11.3 Å². The summed E-state index contributed by atoms with van der Waals surface area (Å²) in [4.78, 5) is 29.2. The first kappa shape index (κ1) is 19.1. The Hall–Kier alpha value is -3.26. The van der Waals surface area contributed by atoms with Gasteiger partial charge in [-0.05, 0) is 36.4 Å². The van der Waals surface area contributed by atoms with E-state index >= 15 is 0 Å². The third-order valence-electron chi connectivity index (χ3n) is 4.66. The van der Waals surface area contributed by atoms with E-state index in [1.165, 1.54) is 17.4 Å². The fourth-order valence-corrected chi connectivity index (χ4v) is 3.59. The second-order valence-corrected chi connectivity index (χ2v) is 7.57. The van der Waals surface area contributed by atoms with Crippen molar-refractivity contribution in [3.63, 3.8) is 0 Å². The van der Waals surface area contributed by atoms with Gasteiger partial charge in [-0.25, -0.2) is 4.79 Å². The first-order chi connectivity index (χ1) is 14.0. The van der Waals surface area contributed by atoms with Crippen molar-refractivity contribution in [1.82, 2.24) is 10.1 Å². The summed E-state index contributed by atoms with van der Waals surface area (Å²) in [5.41, 5.74) is 2.59.